The lowest BCUT2D eigenvalue weighted by Gasteiger charge is -2.02. The van der Waals surface area contributed by atoms with Crippen molar-refractivity contribution in [3.63, 3.8) is 0 Å². The maximum atomic E-state index is 10.7. The van der Waals surface area contributed by atoms with Crippen LogP contribution in [0.1, 0.15) is 15.9 Å². The predicted octanol–water partition coefficient (Wildman–Crippen LogP) is 3.82. The molecule has 4 N–H and O–H groups in total. The lowest BCUT2D eigenvalue weighted by Crippen LogP contribution is -1.96. The number of carboxylic acid groups (broad SMARTS) is 1. The summed E-state index contributed by atoms with van der Waals surface area (Å²) in [4.78, 5) is 10.7. The second-order valence-electron chi connectivity index (χ2n) is 4.93. The fraction of sp³-hybridized carbons (Fsp3) is 0.0556. The number of aromatic hydroxyl groups is 1. The summed E-state index contributed by atoms with van der Waals surface area (Å²) in [5.41, 5.74) is 7.44. The van der Waals surface area contributed by atoms with Gasteiger partial charge in [0.2, 0.25) is 0 Å². The van der Waals surface area contributed by atoms with Gasteiger partial charge in [-0.15, -0.1) is 0 Å². The molecule has 0 spiro atoms. The summed E-state index contributed by atoms with van der Waals surface area (Å²) >= 11 is 0. The van der Waals surface area contributed by atoms with Gasteiger partial charge >= 0.3 is 5.97 Å². The molecule has 0 aromatic heterocycles. The molecule has 4 nitrogen and oxygen atoms in total. The Bertz CT molecular complexity index is 774. The number of aryl methyl sites for hydroxylation is 1. The predicted molar refractivity (Wildman–Crippen MR) is 88.2 cm³/mol. The molecule has 0 aliphatic carbocycles. The van der Waals surface area contributed by atoms with Gasteiger partial charge < -0.3 is 15.9 Å². The molecule has 0 aliphatic heterocycles. The van der Waals surface area contributed by atoms with Gasteiger partial charge in [0.25, 0.3) is 0 Å². The van der Waals surface area contributed by atoms with Crippen LogP contribution in [0.2, 0.25) is 0 Å². The number of nitrogens with two attached hydrogens (primary N) is 1. The van der Waals surface area contributed by atoms with Crippen molar-refractivity contribution in [3.05, 3.63) is 71.8 Å². The number of rotatable bonds is 1. The van der Waals surface area contributed by atoms with E-state index in [2.05, 4.69) is 0 Å². The zero-order chi connectivity index (χ0) is 16.1. The van der Waals surface area contributed by atoms with Crippen LogP contribution >= 0.6 is 0 Å². The van der Waals surface area contributed by atoms with Crippen molar-refractivity contribution in [1.29, 1.82) is 0 Å². The van der Waals surface area contributed by atoms with Crippen molar-refractivity contribution >= 4 is 22.4 Å². The summed E-state index contributed by atoms with van der Waals surface area (Å²) in [5.74, 6) is -1.32. The van der Waals surface area contributed by atoms with E-state index in [1.807, 2.05) is 49.4 Å². The molecule has 3 rings (SSSR count). The van der Waals surface area contributed by atoms with E-state index < -0.39 is 5.97 Å². The largest absolute Gasteiger partial charge is 0.507 e. The van der Waals surface area contributed by atoms with Crippen molar-refractivity contribution < 1.29 is 15.0 Å². The number of nitrogen functional groups attached to an aromatic ring is 1. The lowest BCUT2D eigenvalue weighted by molar-refractivity contribution is 0.0694. The average molecular weight is 295 g/mol. The van der Waals surface area contributed by atoms with Crippen LogP contribution in [0.25, 0.3) is 10.8 Å². The molecular formula is C18H17NO3. The maximum absolute atomic E-state index is 10.7. The van der Waals surface area contributed by atoms with E-state index in [1.165, 1.54) is 17.7 Å². The van der Waals surface area contributed by atoms with Crippen LogP contribution in [-0.2, 0) is 0 Å². The number of carbonyl (C=O) groups is 1. The molecule has 22 heavy (non-hydrogen) atoms. The Morgan fingerprint density at radius 2 is 1.50 bits per heavy atom. The minimum Gasteiger partial charge on any atom is -0.507 e. The van der Waals surface area contributed by atoms with Crippen molar-refractivity contribution in [2.75, 3.05) is 5.73 Å². The van der Waals surface area contributed by atoms with E-state index in [0.717, 1.165) is 16.5 Å². The monoisotopic (exact) mass is 295 g/mol. The minimum atomic E-state index is -1.12. The van der Waals surface area contributed by atoms with E-state index in [9.17, 15) is 9.90 Å². The van der Waals surface area contributed by atoms with Crippen molar-refractivity contribution in [3.8, 4) is 5.75 Å². The second kappa shape index (κ2) is 6.63. The molecule has 0 aliphatic rings. The van der Waals surface area contributed by atoms with E-state index in [0.29, 0.717) is 0 Å². The highest BCUT2D eigenvalue weighted by atomic mass is 16.4. The van der Waals surface area contributed by atoms with Crippen LogP contribution in [0, 0.1) is 6.92 Å². The van der Waals surface area contributed by atoms with Gasteiger partial charge in [0, 0.05) is 5.69 Å². The summed E-state index contributed by atoms with van der Waals surface area (Å²) in [6.07, 6.45) is 0. The SMILES string of the molecule is Cc1ccc(N)cc1.O=C(O)c1cc2ccccc2cc1O. The molecule has 4 heteroatoms. The number of carboxylic acids is 1. The van der Waals surface area contributed by atoms with Crippen molar-refractivity contribution in [1.82, 2.24) is 0 Å². The molecule has 0 heterocycles. The first-order valence-corrected chi connectivity index (χ1v) is 6.74. The summed E-state index contributed by atoms with van der Waals surface area (Å²) in [6, 6.07) is 18.0. The Labute approximate surface area is 128 Å². The smallest absolute Gasteiger partial charge is 0.339 e. The van der Waals surface area contributed by atoms with Gasteiger partial charge in [0.05, 0.1) is 0 Å². The number of hydrogen-bond acceptors (Lipinski definition) is 3. The van der Waals surface area contributed by atoms with E-state index >= 15 is 0 Å². The van der Waals surface area contributed by atoms with E-state index in [-0.39, 0.29) is 11.3 Å². The third-order valence-corrected chi connectivity index (χ3v) is 3.17. The molecule has 0 saturated carbocycles. The average Bonchev–Trinajstić information content (AvgIpc) is 2.50. The standard InChI is InChI=1S/C11H8O3.C7H9N/c12-10-6-8-4-2-1-3-7(8)5-9(10)11(13)14;1-6-2-4-7(8)5-3-6/h1-6,12H,(H,13,14);2-5H,8H2,1H3. The zero-order valence-electron chi connectivity index (χ0n) is 12.2. The molecule has 0 fully saturated rings. The molecule has 0 saturated heterocycles. The highest BCUT2D eigenvalue weighted by Gasteiger charge is 2.09. The Hall–Kier alpha value is -3.01. The molecule has 0 bridgehead atoms. The van der Waals surface area contributed by atoms with Gasteiger partial charge in [0.15, 0.2) is 0 Å². The first-order valence-electron chi connectivity index (χ1n) is 6.74. The molecule has 0 radical (unpaired) electrons. The van der Waals surface area contributed by atoms with Gasteiger partial charge in [-0.3, -0.25) is 0 Å². The fourth-order valence-electron chi connectivity index (χ4n) is 1.97. The van der Waals surface area contributed by atoms with E-state index in [4.69, 9.17) is 10.8 Å². The highest BCUT2D eigenvalue weighted by molar-refractivity contribution is 5.97. The van der Waals surface area contributed by atoms with Crippen LogP contribution in [0.5, 0.6) is 5.75 Å². The van der Waals surface area contributed by atoms with Crippen molar-refractivity contribution in [2.24, 2.45) is 0 Å². The number of aromatic carboxylic acids is 1. The second-order valence-corrected chi connectivity index (χ2v) is 4.93. The molecule has 0 unspecified atom stereocenters. The van der Waals surface area contributed by atoms with Crippen LogP contribution < -0.4 is 5.73 Å². The van der Waals surface area contributed by atoms with Crippen LogP contribution in [0.4, 0.5) is 5.69 Å². The Morgan fingerprint density at radius 1 is 0.955 bits per heavy atom. The number of anilines is 1. The number of hydrogen-bond donors (Lipinski definition) is 3. The summed E-state index contributed by atoms with van der Waals surface area (Å²) in [5, 5.41) is 19.8. The third-order valence-electron chi connectivity index (χ3n) is 3.17. The first-order chi connectivity index (χ1) is 10.5. The summed E-state index contributed by atoms with van der Waals surface area (Å²) in [7, 11) is 0. The van der Waals surface area contributed by atoms with Gasteiger partial charge in [-0.25, -0.2) is 4.79 Å². The number of benzene rings is 3. The quantitative estimate of drug-likeness (QED) is 0.596. The Kier molecular flexibility index (Phi) is 4.63. The maximum Gasteiger partial charge on any atom is 0.339 e. The van der Waals surface area contributed by atoms with Gasteiger partial charge in [-0.1, -0.05) is 42.0 Å². The molecule has 0 amide bonds. The normalized spacial score (nSPS) is 9.86. The lowest BCUT2D eigenvalue weighted by atomic mass is 10.1. The van der Waals surface area contributed by atoms with Gasteiger partial charge in [-0.05, 0) is 42.0 Å². The number of phenols is 1. The molecule has 3 aromatic rings. The Morgan fingerprint density at radius 3 is 2.00 bits per heavy atom. The van der Waals surface area contributed by atoms with Gasteiger partial charge in [0.1, 0.15) is 11.3 Å². The van der Waals surface area contributed by atoms with Crippen molar-refractivity contribution in [2.45, 2.75) is 6.92 Å². The number of fused-ring (bicyclic) bond motifs is 1. The fourth-order valence-corrected chi connectivity index (χ4v) is 1.97. The van der Waals surface area contributed by atoms with Crippen LogP contribution in [0.15, 0.2) is 60.7 Å². The Balaban J connectivity index is 0.000000188. The van der Waals surface area contributed by atoms with Crippen LogP contribution in [0.3, 0.4) is 0 Å². The minimum absolute atomic E-state index is 0.0660. The zero-order valence-corrected chi connectivity index (χ0v) is 12.2. The van der Waals surface area contributed by atoms with E-state index in [1.54, 1.807) is 6.07 Å². The first kappa shape index (κ1) is 15.4. The molecule has 3 aromatic carbocycles. The topological polar surface area (TPSA) is 83.6 Å². The summed E-state index contributed by atoms with van der Waals surface area (Å²) in [6.45, 7) is 2.04. The van der Waals surface area contributed by atoms with Crippen LogP contribution in [-0.4, -0.2) is 16.2 Å². The molecule has 112 valence electrons. The molecular weight excluding hydrogens is 278 g/mol. The van der Waals surface area contributed by atoms with Gasteiger partial charge in [-0.2, -0.15) is 0 Å². The summed E-state index contributed by atoms with van der Waals surface area (Å²) < 4.78 is 0. The third kappa shape index (κ3) is 3.76. The molecule has 0 atom stereocenters. The highest BCUT2D eigenvalue weighted by Crippen LogP contribution is 2.24.